The Labute approximate surface area is 113 Å². The van der Waals surface area contributed by atoms with Gasteiger partial charge in [-0.2, -0.15) is 13.1 Å². The van der Waals surface area contributed by atoms with Crippen LogP contribution in [-0.4, -0.2) is 21.6 Å². The molecule has 1 N–H and O–H groups in total. The number of hydrogen-bond donors (Lipinski definition) is 1. The largest absolute Gasteiger partial charge is 0.497 e. The summed E-state index contributed by atoms with van der Waals surface area (Å²) in [6.07, 6.45) is 6.61. The van der Waals surface area contributed by atoms with Gasteiger partial charge in [0.15, 0.2) is 0 Å². The first-order valence-corrected chi connectivity index (χ1v) is 7.52. The van der Waals surface area contributed by atoms with Gasteiger partial charge in [0.2, 0.25) is 0 Å². The van der Waals surface area contributed by atoms with Gasteiger partial charge in [-0.3, -0.25) is 0 Å². The molecule has 0 saturated heterocycles. The lowest BCUT2D eigenvalue weighted by Crippen LogP contribution is -2.37. The van der Waals surface area contributed by atoms with E-state index in [1.165, 1.54) is 0 Å². The van der Waals surface area contributed by atoms with Gasteiger partial charge >= 0.3 is 10.3 Å². The number of ether oxygens (including phenoxy) is 1. The summed E-state index contributed by atoms with van der Waals surface area (Å²) in [6, 6.07) is 6.21. The van der Waals surface area contributed by atoms with E-state index in [0.29, 0.717) is 5.75 Å². The lowest BCUT2D eigenvalue weighted by molar-refractivity contribution is 0.413. The van der Waals surface area contributed by atoms with Crippen LogP contribution in [0.15, 0.2) is 36.4 Å². The van der Waals surface area contributed by atoms with E-state index in [1.54, 1.807) is 31.4 Å². The van der Waals surface area contributed by atoms with Crippen LogP contribution in [0.5, 0.6) is 11.5 Å². The summed E-state index contributed by atoms with van der Waals surface area (Å²) >= 11 is 0. The molecule has 1 atom stereocenters. The minimum Gasteiger partial charge on any atom is -0.497 e. The summed E-state index contributed by atoms with van der Waals surface area (Å²) in [7, 11) is -2.25. The van der Waals surface area contributed by atoms with Gasteiger partial charge in [-0.25, -0.2) is 0 Å². The molecule has 0 heterocycles. The van der Waals surface area contributed by atoms with Crippen LogP contribution in [0.3, 0.4) is 0 Å². The van der Waals surface area contributed by atoms with Crippen molar-refractivity contribution in [3.8, 4) is 11.5 Å². The molecular formula is C13H17NO4S. The minimum atomic E-state index is -3.80. The molecule has 104 valence electrons. The van der Waals surface area contributed by atoms with Gasteiger partial charge in [0.1, 0.15) is 11.5 Å². The van der Waals surface area contributed by atoms with Crippen molar-refractivity contribution in [1.82, 2.24) is 4.72 Å². The quantitative estimate of drug-likeness (QED) is 0.840. The number of rotatable bonds is 5. The Bertz CT molecular complexity index is 536. The lowest BCUT2D eigenvalue weighted by Gasteiger charge is -2.17. The standard InChI is InChI=1S/C13H17NO4S/c1-17-12-7-9-13(10-8-12)18-19(15,16)14-11-5-3-2-4-6-11/h3,5,7-11,14H,2,4,6H2,1H3. The second-order valence-electron chi connectivity index (χ2n) is 4.30. The van der Waals surface area contributed by atoms with Crippen molar-refractivity contribution in [2.24, 2.45) is 0 Å². The topological polar surface area (TPSA) is 64.6 Å². The molecule has 0 saturated carbocycles. The van der Waals surface area contributed by atoms with Gasteiger partial charge < -0.3 is 8.92 Å². The van der Waals surface area contributed by atoms with E-state index < -0.39 is 10.3 Å². The molecule has 0 aliphatic heterocycles. The monoisotopic (exact) mass is 283 g/mol. The fraction of sp³-hybridized carbons (Fsp3) is 0.385. The highest BCUT2D eigenvalue weighted by Gasteiger charge is 2.18. The van der Waals surface area contributed by atoms with Crippen molar-refractivity contribution in [3.63, 3.8) is 0 Å². The molecule has 1 unspecified atom stereocenters. The maximum Gasteiger partial charge on any atom is 0.383 e. The first-order chi connectivity index (χ1) is 9.09. The van der Waals surface area contributed by atoms with Crippen LogP contribution in [0.2, 0.25) is 0 Å². The molecule has 1 aromatic rings. The zero-order valence-corrected chi connectivity index (χ0v) is 11.5. The average molecular weight is 283 g/mol. The highest BCUT2D eigenvalue weighted by molar-refractivity contribution is 7.85. The minimum absolute atomic E-state index is 0.183. The SMILES string of the molecule is COc1ccc(OS(=O)(=O)NC2C=CCCC2)cc1. The second kappa shape index (κ2) is 6.08. The zero-order valence-electron chi connectivity index (χ0n) is 10.7. The Morgan fingerprint density at radius 3 is 2.47 bits per heavy atom. The van der Waals surface area contributed by atoms with E-state index in [0.717, 1.165) is 19.3 Å². The van der Waals surface area contributed by atoms with Crippen LogP contribution in [0.25, 0.3) is 0 Å². The van der Waals surface area contributed by atoms with Crippen LogP contribution in [0.1, 0.15) is 19.3 Å². The van der Waals surface area contributed by atoms with E-state index >= 15 is 0 Å². The van der Waals surface area contributed by atoms with Gasteiger partial charge in [0.25, 0.3) is 0 Å². The third kappa shape index (κ3) is 4.25. The predicted octanol–water partition coefficient (Wildman–Crippen LogP) is 2.02. The van der Waals surface area contributed by atoms with Crippen LogP contribution in [-0.2, 0) is 10.3 Å². The molecule has 6 heteroatoms. The molecule has 1 aliphatic rings. The molecule has 5 nitrogen and oxygen atoms in total. The molecule has 0 spiro atoms. The molecule has 19 heavy (non-hydrogen) atoms. The van der Waals surface area contributed by atoms with Crippen LogP contribution in [0.4, 0.5) is 0 Å². The van der Waals surface area contributed by atoms with Crippen LogP contribution < -0.4 is 13.6 Å². The molecular weight excluding hydrogens is 266 g/mol. The molecule has 0 amide bonds. The van der Waals surface area contributed by atoms with E-state index in [2.05, 4.69) is 4.72 Å². The van der Waals surface area contributed by atoms with E-state index in [9.17, 15) is 8.42 Å². The molecule has 1 aliphatic carbocycles. The van der Waals surface area contributed by atoms with Crippen molar-refractivity contribution in [2.45, 2.75) is 25.3 Å². The Kier molecular flexibility index (Phi) is 4.44. The van der Waals surface area contributed by atoms with Gasteiger partial charge in [-0.1, -0.05) is 12.2 Å². The van der Waals surface area contributed by atoms with Crippen molar-refractivity contribution < 1.29 is 17.3 Å². The number of allylic oxidation sites excluding steroid dienone is 1. The average Bonchev–Trinajstić information content (AvgIpc) is 2.39. The molecule has 2 rings (SSSR count). The number of hydrogen-bond acceptors (Lipinski definition) is 4. The predicted molar refractivity (Wildman–Crippen MR) is 72.5 cm³/mol. The zero-order chi connectivity index (χ0) is 13.7. The van der Waals surface area contributed by atoms with E-state index in [1.807, 2.05) is 12.2 Å². The van der Waals surface area contributed by atoms with Gasteiger partial charge in [-0.05, 0) is 43.5 Å². The third-order valence-electron chi connectivity index (χ3n) is 2.82. The number of benzene rings is 1. The van der Waals surface area contributed by atoms with Crippen LogP contribution in [0, 0.1) is 0 Å². The lowest BCUT2D eigenvalue weighted by atomic mass is 10.0. The van der Waals surface area contributed by atoms with Crippen LogP contribution >= 0.6 is 0 Å². The molecule has 0 bridgehead atoms. The highest BCUT2D eigenvalue weighted by Crippen LogP contribution is 2.19. The van der Waals surface area contributed by atoms with Gasteiger partial charge in [-0.15, -0.1) is 0 Å². The Morgan fingerprint density at radius 2 is 1.89 bits per heavy atom. The smallest absolute Gasteiger partial charge is 0.383 e. The number of nitrogens with one attached hydrogen (secondary N) is 1. The summed E-state index contributed by atoms with van der Waals surface area (Å²) in [5, 5.41) is 0. The fourth-order valence-electron chi connectivity index (χ4n) is 1.88. The van der Waals surface area contributed by atoms with Crippen molar-refractivity contribution in [1.29, 1.82) is 0 Å². The van der Waals surface area contributed by atoms with Gasteiger partial charge in [0, 0.05) is 6.04 Å². The van der Waals surface area contributed by atoms with Crippen molar-refractivity contribution in [3.05, 3.63) is 36.4 Å². The highest BCUT2D eigenvalue weighted by atomic mass is 32.2. The molecule has 1 aromatic carbocycles. The third-order valence-corrected chi connectivity index (χ3v) is 3.82. The van der Waals surface area contributed by atoms with Crippen molar-refractivity contribution >= 4 is 10.3 Å². The molecule has 0 fully saturated rings. The second-order valence-corrected chi connectivity index (χ2v) is 5.61. The first kappa shape index (κ1) is 13.9. The summed E-state index contributed by atoms with van der Waals surface area (Å²) in [6.45, 7) is 0. The first-order valence-electron chi connectivity index (χ1n) is 6.11. The Morgan fingerprint density at radius 1 is 1.21 bits per heavy atom. The Balaban J connectivity index is 1.99. The van der Waals surface area contributed by atoms with E-state index in [4.69, 9.17) is 8.92 Å². The van der Waals surface area contributed by atoms with Crippen molar-refractivity contribution in [2.75, 3.05) is 7.11 Å². The number of methoxy groups -OCH3 is 1. The summed E-state index contributed by atoms with van der Waals surface area (Å²) in [5.41, 5.74) is 0. The fourth-order valence-corrected chi connectivity index (χ4v) is 2.86. The van der Waals surface area contributed by atoms with E-state index in [-0.39, 0.29) is 11.8 Å². The summed E-state index contributed by atoms with van der Waals surface area (Å²) < 4.78 is 36.1. The maximum atomic E-state index is 11.8. The maximum absolute atomic E-state index is 11.8. The molecule has 0 radical (unpaired) electrons. The summed E-state index contributed by atoms with van der Waals surface area (Å²) in [4.78, 5) is 0. The van der Waals surface area contributed by atoms with Gasteiger partial charge in [0.05, 0.1) is 7.11 Å². The normalized spacial score (nSPS) is 19.1. The Hall–Kier alpha value is -1.53. The summed E-state index contributed by atoms with van der Waals surface area (Å²) in [5.74, 6) is 0.904. The molecule has 0 aromatic heterocycles.